The van der Waals surface area contributed by atoms with Crippen molar-refractivity contribution < 1.29 is 19.1 Å². The highest BCUT2D eigenvalue weighted by Gasteiger charge is 2.73. The van der Waals surface area contributed by atoms with E-state index in [-0.39, 0.29) is 29.8 Å². The zero-order valence-electron chi connectivity index (χ0n) is 24.9. The lowest BCUT2D eigenvalue weighted by molar-refractivity contribution is -0.144. The van der Waals surface area contributed by atoms with Crippen LogP contribution in [0.1, 0.15) is 103 Å². The number of nitrogens with one attached hydrogen (secondary N) is 2. The van der Waals surface area contributed by atoms with Crippen LogP contribution in [0, 0.1) is 17.8 Å². The molecule has 7 heteroatoms. The van der Waals surface area contributed by atoms with Crippen molar-refractivity contribution >= 4 is 23.4 Å². The summed E-state index contributed by atoms with van der Waals surface area (Å²) in [6.45, 7) is 6.49. The number of hydrogen-bond donors (Lipinski definition) is 2. The van der Waals surface area contributed by atoms with E-state index in [1.165, 1.54) is 18.4 Å². The summed E-state index contributed by atoms with van der Waals surface area (Å²) in [7, 11) is 0. The number of amides is 3. The SMILES string of the molecule is CC(C)c1ccc(NC(=O)C2[C@H]3C=CC4(O3)C(C(=O)NC3CCCCC3C)N(C3CCCCCCC3)C(=O)[C@@H]24)cc1. The summed E-state index contributed by atoms with van der Waals surface area (Å²) in [6, 6.07) is 7.26. The molecule has 2 saturated heterocycles. The number of fused-ring (bicyclic) bond motifs is 1. The Morgan fingerprint density at radius 2 is 1.59 bits per heavy atom. The van der Waals surface area contributed by atoms with Crippen molar-refractivity contribution in [2.75, 3.05) is 5.32 Å². The summed E-state index contributed by atoms with van der Waals surface area (Å²) in [5.74, 6) is -0.968. The van der Waals surface area contributed by atoms with E-state index in [2.05, 4.69) is 31.4 Å². The molecule has 0 aromatic heterocycles. The summed E-state index contributed by atoms with van der Waals surface area (Å²) in [6.07, 6.45) is 15.1. The maximum absolute atomic E-state index is 14.5. The van der Waals surface area contributed by atoms with Crippen LogP contribution in [0.25, 0.3) is 0 Å². The average Bonchev–Trinajstić information content (AvgIpc) is 3.58. The second kappa shape index (κ2) is 11.5. The monoisotopic (exact) mass is 561 g/mol. The van der Waals surface area contributed by atoms with Crippen molar-refractivity contribution in [1.29, 1.82) is 0 Å². The smallest absolute Gasteiger partial charge is 0.246 e. The topological polar surface area (TPSA) is 87.7 Å². The fraction of sp³-hybridized carbons (Fsp3) is 0.676. The molecule has 222 valence electrons. The highest BCUT2D eigenvalue weighted by molar-refractivity contribution is 6.03. The Kier molecular flexibility index (Phi) is 8.01. The van der Waals surface area contributed by atoms with Gasteiger partial charge < -0.3 is 20.3 Å². The van der Waals surface area contributed by atoms with Gasteiger partial charge in [0.1, 0.15) is 11.6 Å². The predicted molar refractivity (Wildman–Crippen MR) is 159 cm³/mol. The lowest BCUT2D eigenvalue weighted by atomic mass is 9.74. The van der Waals surface area contributed by atoms with E-state index < -0.39 is 29.6 Å². The van der Waals surface area contributed by atoms with Crippen molar-refractivity contribution in [2.24, 2.45) is 17.8 Å². The molecule has 5 aliphatic rings. The van der Waals surface area contributed by atoms with Crippen molar-refractivity contribution in [3.8, 4) is 0 Å². The minimum atomic E-state index is -1.10. The van der Waals surface area contributed by atoms with E-state index in [1.54, 1.807) is 0 Å². The lowest BCUT2D eigenvalue weighted by Crippen LogP contribution is -2.59. The van der Waals surface area contributed by atoms with Crippen LogP contribution in [0.15, 0.2) is 36.4 Å². The maximum atomic E-state index is 14.5. The van der Waals surface area contributed by atoms with E-state index in [0.29, 0.717) is 17.5 Å². The molecule has 6 rings (SSSR count). The zero-order chi connectivity index (χ0) is 28.7. The minimum Gasteiger partial charge on any atom is -0.359 e. The molecule has 1 aromatic rings. The quantitative estimate of drug-likeness (QED) is 0.436. The van der Waals surface area contributed by atoms with Crippen LogP contribution in [0.3, 0.4) is 0 Å². The molecule has 2 bridgehead atoms. The number of ether oxygens (including phenoxy) is 1. The number of carbonyl (C=O) groups is 3. The molecule has 41 heavy (non-hydrogen) atoms. The molecular weight excluding hydrogens is 514 g/mol. The van der Waals surface area contributed by atoms with Crippen LogP contribution in [0.2, 0.25) is 0 Å². The first-order valence-corrected chi connectivity index (χ1v) is 16.2. The van der Waals surface area contributed by atoms with Crippen LogP contribution in [-0.2, 0) is 19.1 Å². The Morgan fingerprint density at radius 3 is 2.27 bits per heavy atom. The lowest BCUT2D eigenvalue weighted by Gasteiger charge is -2.39. The van der Waals surface area contributed by atoms with Crippen LogP contribution < -0.4 is 10.6 Å². The van der Waals surface area contributed by atoms with E-state index in [4.69, 9.17) is 4.74 Å². The molecular formula is C34H47N3O4. The fourth-order valence-corrected chi connectivity index (χ4v) is 8.28. The molecule has 3 amide bonds. The van der Waals surface area contributed by atoms with Gasteiger partial charge in [-0.25, -0.2) is 0 Å². The van der Waals surface area contributed by atoms with Crippen molar-refractivity contribution in [1.82, 2.24) is 10.2 Å². The number of hydrogen-bond acceptors (Lipinski definition) is 4. The summed E-state index contributed by atoms with van der Waals surface area (Å²) in [5, 5.41) is 6.44. The van der Waals surface area contributed by atoms with Gasteiger partial charge in [0.2, 0.25) is 17.7 Å². The third-order valence-corrected chi connectivity index (χ3v) is 10.6. The van der Waals surface area contributed by atoms with Crippen LogP contribution in [-0.4, -0.2) is 52.5 Å². The number of carbonyl (C=O) groups excluding carboxylic acids is 3. The van der Waals surface area contributed by atoms with Gasteiger partial charge in [0.15, 0.2) is 0 Å². The van der Waals surface area contributed by atoms with Gasteiger partial charge in [-0.3, -0.25) is 14.4 Å². The van der Waals surface area contributed by atoms with Gasteiger partial charge in [0.05, 0.1) is 17.9 Å². The van der Waals surface area contributed by atoms with Crippen LogP contribution in [0.5, 0.6) is 0 Å². The summed E-state index contributed by atoms with van der Waals surface area (Å²) >= 11 is 0. The Morgan fingerprint density at radius 1 is 0.927 bits per heavy atom. The van der Waals surface area contributed by atoms with Gasteiger partial charge in [-0.05, 0) is 55.2 Å². The number of nitrogens with zero attached hydrogens (tertiary/aromatic N) is 1. The normalized spacial score (nSPS) is 35.3. The largest absolute Gasteiger partial charge is 0.359 e. The van der Waals surface area contributed by atoms with Crippen molar-refractivity contribution in [2.45, 2.75) is 127 Å². The first-order chi connectivity index (χ1) is 19.8. The predicted octanol–water partition coefficient (Wildman–Crippen LogP) is 5.71. The second-order valence-electron chi connectivity index (χ2n) is 13.6. The number of rotatable bonds is 6. The molecule has 3 heterocycles. The van der Waals surface area contributed by atoms with Crippen molar-refractivity contribution in [3.05, 3.63) is 42.0 Å². The van der Waals surface area contributed by atoms with Gasteiger partial charge in [-0.15, -0.1) is 0 Å². The molecule has 3 aliphatic heterocycles. The maximum Gasteiger partial charge on any atom is 0.246 e. The third-order valence-electron chi connectivity index (χ3n) is 10.6. The molecule has 1 spiro atoms. The first kappa shape index (κ1) is 28.4. The molecule has 2 saturated carbocycles. The summed E-state index contributed by atoms with van der Waals surface area (Å²) in [5.41, 5.74) is 0.813. The van der Waals surface area contributed by atoms with E-state index >= 15 is 0 Å². The van der Waals surface area contributed by atoms with Gasteiger partial charge in [-0.1, -0.05) is 90.0 Å². The van der Waals surface area contributed by atoms with Crippen molar-refractivity contribution in [3.63, 3.8) is 0 Å². The summed E-state index contributed by atoms with van der Waals surface area (Å²) < 4.78 is 6.61. The Labute approximate surface area is 244 Å². The molecule has 0 radical (unpaired) electrons. The molecule has 1 aromatic carbocycles. The number of anilines is 1. The van der Waals surface area contributed by atoms with Gasteiger partial charge in [-0.2, -0.15) is 0 Å². The first-order valence-electron chi connectivity index (χ1n) is 16.2. The van der Waals surface area contributed by atoms with Gasteiger partial charge >= 0.3 is 0 Å². The number of benzene rings is 1. The molecule has 7 atom stereocenters. The van der Waals surface area contributed by atoms with E-state index in [9.17, 15) is 14.4 Å². The van der Waals surface area contributed by atoms with Gasteiger partial charge in [0, 0.05) is 17.8 Å². The zero-order valence-corrected chi connectivity index (χ0v) is 24.9. The third kappa shape index (κ3) is 5.13. The average molecular weight is 562 g/mol. The molecule has 2 N–H and O–H groups in total. The van der Waals surface area contributed by atoms with Crippen LogP contribution >= 0.6 is 0 Å². The Balaban J connectivity index is 1.30. The highest BCUT2D eigenvalue weighted by atomic mass is 16.5. The molecule has 5 unspecified atom stereocenters. The van der Waals surface area contributed by atoms with Gasteiger partial charge in [0.25, 0.3) is 0 Å². The number of likely N-dealkylation sites (tertiary alicyclic amines) is 1. The molecule has 7 nitrogen and oxygen atoms in total. The minimum absolute atomic E-state index is 0.00866. The standard InChI is InChI=1S/C34H47N3O4/c1-21(2)23-15-17-24(18-16-23)35-31(38)28-27-19-20-34(41-27)29(28)33(40)37(25-12-7-5-4-6-8-13-25)30(34)32(39)36-26-14-10-9-11-22(26)3/h15-22,25-30H,4-14H2,1-3H3,(H,35,38)(H,36,39)/t22?,26?,27-,28?,29-,30?,34?/m1/s1. The van der Waals surface area contributed by atoms with E-state index in [1.807, 2.05) is 41.3 Å². The molecule has 4 fully saturated rings. The highest BCUT2D eigenvalue weighted by Crippen LogP contribution is 2.56. The molecule has 2 aliphatic carbocycles. The van der Waals surface area contributed by atoms with E-state index in [0.717, 1.165) is 57.8 Å². The second-order valence-corrected chi connectivity index (χ2v) is 13.6. The fourth-order valence-electron chi connectivity index (χ4n) is 8.28. The summed E-state index contributed by atoms with van der Waals surface area (Å²) in [4.78, 5) is 44.5. The van der Waals surface area contributed by atoms with Crippen LogP contribution in [0.4, 0.5) is 5.69 Å². The Hall–Kier alpha value is -2.67. The Bertz CT molecular complexity index is 1170.